The summed E-state index contributed by atoms with van der Waals surface area (Å²) in [6.07, 6.45) is 6.15. The highest BCUT2D eigenvalue weighted by Crippen LogP contribution is 2.51. The van der Waals surface area contributed by atoms with Crippen molar-refractivity contribution < 1.29 is 5.11 Å². The van der Waals surface area contributed by atoms with Crippen LogP contribution in [0.4, 0.5) is 11.6 Å². The molecule has 1 saturated heterocycles. The molecule has 1 aliphatic carbocycles. The van der Waals surface area contributed by atoms with Gasteiger partial charge in [0.25, 0.3) is 5.56 Å². The molecule has 11 heteroatoms. The third-order valence-electron chi connectivity index (χ3n) is 8.09. The molecule has 2 aliphatic rings. The molecule has 1 fully saturated rings. The monoisotopic (exact) mass is 577 g/mol. The van der Waals surface area contributed by atoms with Crippen LogP contribution in [0.25, 0.3) is 10.9 Å². The largest absolute Gasteiger partial charge is 0.389 e. The van der Waals surface area contributed by atoms with E-state index >= 15 is 0 Å². The van der Waals surface area contributed by atoms with E-state index in [-0.39, 0.29) is 34.0 Å². The number of piperidine rings is 1. The van der Waals surface area contributed by atoms with Gasteiger partial charge in [0.2, 0.25) is 0 Å². The summed E-state index contributed by atoms with van der Waals surface area (Å²) in [5, 5.41) is 11.2. The Hall–Kier alpha value is -3.18. The Morgan fingerprint density at radius 1 is 1.18 bits per heavy atom. The minimum absolute atomic E-state index is 0.0573. The molecule has 9 nitrogen and oxygen atoms in total. The SMILES string of the molecule is CC(C)(O)Cn1cnc2ccc(Sc3ncc(N4CCC5(CC4)Cc4ccccc4[C@H]5N)nc3N)c(Cl)c2c1=O. The van der Waals surface area contributed by atoms with Crippen molar-refractivity contribution in [3.63, 3.8) is 0 Å². The number of benzene rings is 2. The first-order valence-electron chi connectivity index (χ1n) is 13.3. The highest BCUT2D eigenvalue weighted by atomic mass is 35.5. The van der Waals surface area contributed by atoms with Crippen LogP contribution >= 0.6 is 23.4 Å². The fraction of sp³-hybridized carbons (Fsp3) is 0.379. The standard InChI is InChI=1S/C29H32ClN7O2S/c1-28(2,39)15-37-16-34-19-7-8-20(23(30)22(19)27(37)38)40-26-25(32)35-21(14-33-26)36-11-9-29(10-12-36)13-17-5-3-4-6-18(17)24(29)31/h3-8,14,16,24,39H,9-13,15,31H2,1-2H3,(H2,32,35)/t24-/m1/s1. The summed E-state index contributed by atoms with van der Waals surface area (Å²) in [6.45, 7) is 5.03. The summed E-state index contributed by atoms with van der Waals surface area (Å²) in [5.41, 5.74) is 14.9. The zero-order valence-electron chi connectivity index (χ0n) is 22.5. The number of nitrogen functional groups attached to an aromatic ring is 1. The Labute approximate surface area is 241 Å². The third-order valence-corrected chi connectivity index (χ3v) is 9.66. The Morgan fingerprint density at radius 3 is 2.62 bits per heavy atom. The van der Waals surface area contributed by atoms with Gasteiger partial charge in [0.05, 0.1) is 40.6 Å². The molecular weight excluding hydrogens is 546 g/mol. The molecule has 1 spiro atoms. The van der Waals surface area contributed by atoms with E-state index in [0.717, 1.165) is 38.2 Å². The van der Waals surface area contributed by atoms with Crippen molar-refractivity contribution in [2.75, 3.05) is 23.7 Å². The molecule has 208 valence electrons. The van der Waals surface area contributed by atoms with Gasteiger partial charge in [-0.2, -0.15) is 0 Å². The molecule has 0 radical (unpaired) electrons. The maximum absolute atomic E-state index is 13.1. The lowest BCUT2D eigenvalue weighted by Crippen LogP contribution is -2.44. The second kappa shape index (κ2) is 10.0. The van der Waals surface area contributed by atoms with Gasteiger partial charge < -0.3 is 21.5 Å². The molecule has 2 aromatic carbocycles. The second-order valence-electron chi connectivity index (χ2n) is 11.5. The van der Waals surface area contributed by atoms with Crippen molar-refractivity contribution in [1.82, 2.24) is 19.5 Å². The summed E-state index contributed by atoms with van der Waals surface area (Å²) >= 11 is 7.96. The van der Waals surface area contributed by atoms with E-state index < -0.39 is 5.60 Å². The zero-order valence-corrected chi connectivity index (χ0v) is 24.0. The van der Waals surface area contributed by atoms with E-state index in [4.69, 9.17) is 23.1 Å². The van der Waals surface area contributed by atoms with Crippen LogP contribution in [0.3, 0.4) is 0 Å². The summed E-state index contributed by atoms with van der Waals surface area (Å²) in [4.78, 5) is 29.6. The van der Waals surface area contributed by atoms with E-state index in [0.29, 0.717) is 21.3 Å². The van der Waals surface area contributed by atoms with E-state index in [2.05, 4.69) is 44.1 Å². The second-order valence-corrected chi connectivity index (χ2v) is 12.9. The highest BCUT2D eigenvalue weighted by molar-refractivity contribution is 7.99. The summed E-state index contributed by atoms with van der Waals surface area (Å²) < 4.78 is 1.37. The Kier molecular flexibility index (Phi) is 6.77. The lowest BCUT2D eigenvalue weighted by atomic mass is 9.73. The minimum Gasteiger partial charge on any atom is -0.389 e. The van der Waals surface area contributed by atoms with Crippen LogP contribution in [0.5, 0.6) is 0 Å². The summed E-state index contributed by atoms with van der Waals surface area (Å²) in [7, 11) is 0. The molecule has 40 heavy (non-hydrogen) atoms. The van der Waals surface area contributed by atoms with Crippen LogP contribution in [0.1, 0.15) is 43.9 Å². The average molecular weight is 578 g/mol. The zero-order chi connectivity index (χ0) is 28.2. The van der Waals surface area contributed by atoms with E-state index in [1.54, 1.807) is 32.2 Å². The Morgan fingerprint density at radius 2 is 1.93 bits per heavy atom. The number of hydrogen-bond acceptors (Lipinski definition) is 9. The lowest BCUT2D eigenvalue weighted by molar-refractivity contribution is 0.0603. The van der Waals surface area contributed by atoms with Crippen molar-refractivity contribution in [3.8, 4) is 0 Å². The van der Waals surface area contributed by atoms with Gasteiger partial charge in [0, 0.05) is 24.0 Å². The van der Waals surface area contributed by atoms with Gasteiger partial charge >= 0.3 is 0 Å². The van der Waals surface area contributed by atoms with Gasteiger partial charge in [0.1, 0.15) is 10.8 Å². The number of halogens is 1. The first-order valence-corrected chi connectivity index (χ1v) is 14.5. The van der Waals surface area contributed by atoms with Gasteiger partial charge in [-0.15, -0.1) is 0 Å². The number of aromatic nitrogens is 4. The molecule has 1 aliphatic heterocycles. The van der Waals surface area contributed by atoms with Gasteiger partial charge in [-0.3, -0.25) is 9.36 Å². The Balaban J connectivity index is 1.20. The molecule has 0 amide bonds. The van der Waals surface area contributed by atoms with Crippen molar-refractivity contribution in [2.45, 2.75) is 61.2 Å². The van der Waals surface area contributed by atoms with E-state index in [1.165, 1.54) is 33.8 Å². The number of hydrogen-bond donors (Lipinski definition) is 3. The van der Waals surface area contributed by atoms with Crippen molar-refractivity contribution in [2.24, 2.45) is 11.1 Å². The van der Waals surface area contributed by atoms with Crippen molar-refractivity contribution >= 4 is 45.9 Å². The quantitative estimate of drug-likeness (QED) is 0.319. The van der Waals surface area contributed by atoms with Crippen LogP contribution in [-0.2, 0) is 13.0 Å². The van der Waals surface area contributed by atoms with Crippen LogP contribution in [0.2, 0.25) is 5.02 Å². The third kappa shape index (κ3) is 4.83. The predicted molar refractivity (Wildman–Crippen MR) is 159 cm³/mol. The molecular formula is C29H32ClN7O2S. The topological polar surface area (TPSA) is 136 Å². The van der Waals surface area contributed by atoms with Crippen molar-refractivity contribution in [3.05, 3.63) is 75.4 Å². The van der Waals surface area contributed by atoms with Gasteiger partial charge in [0.15, 0.2) is 5.82 Å². The minimum atomic E-state index is -1.08. The number of aliphatic hydroxyl groups is 1. The molecule has 3 heterocycles. The first-order chi connectivity index (χ1) is 19.0. The number of nitrogens with zero attached hydrogens (tertiary/aromatic N) is 5. The van der Waals surface area contributed by atoms with Crippen LogP contribution in [0, 0.1) is 5.41 Å². The molecule has 5 N–H and O–H groups in total. The van der Waals surface area contributed by atoms with E-state index in [1.807, 2.05) is 0 Å². The normalized spacial score (nSPS) is 18.4. The fourth-order valence-electron chi connectivity index (χ4n) is 6.00. The molecule has 0 bridgehead atoms. The maximum Gasteiger partial charge on any atom is 0.262 e. The highest BCUT2D eigenvalue weighted by Gasteiger charge is 2.45. The number of fused-ring (bicyclic) bond motifs is 2. The Bertz CT molecular complexity index is 1660. The van der Waals surface area contributed by atoms with E-state index in [9.17, 15) is 9.90 Å². The predicted octanol–water partition coefficient (Wildman–Crippen LogP) is 4.19. The summed E-state index contributed by atoms with van der Waals surface area (Å²) in [5.74, 6) is 1.04. The van der Waals surface area contributed by atoms with Crippen LogP contribution in [-0.4, -0.2) is 43.3 Å². The smallest absolute Gasteiger partial charge is 0.262 e. The number of rotatable bonds is 5. The van der Waals surface area contributed by atoms with Gasteiger partial charge in [-0.25, -0.2) is 15.0 Å². The number of nitrogens with two attached hydrogens (primary N) is 2. The number of anilines is 2. The van der Waals surface area contributed by atoms with Crippen molar-refractivity contribution in [1.29, 1.82) is 0 Å². The molecule has 4 aromatic rings. The van der Waals surface area contributed by atoms with Crippen LogP contribution < -0.4 is 21.9 Å². The maximum atomic E-state index is 13.1. The van der Waals surface area contributed by atoms with Crippen LogP contribution in [0.15, 0.2) is 63.6 Å². The molecule has 2 aromatic heterocycles. The molecule has 1 atom stereocenters. The summed E-state index contributed by atoms with van der Waals surface area (Å²) in [6, 6.07) is 12.1. The average Bonchev–Trinajstić information content (AvgIpc) is 3.19. The van der Waals surface area contributed by atoms with Gasteiger partial charge in [-0.05, 0) is 61.8 Å². The molecule has 0 saturated carbocycles. The van der Waals surface area contributed by atoms with Gasteiger partial charge in [-0.1, -0.05) is 47.6 Å². The molecule has 6 rings (SSSR count). The first kappa shape index (κ1) is 27.0. The lowest BCUT2D eigenvalue weighted by Gasteiger charge is -2.42. The molecule has 0 unspecified atom stereocenters. The fourth-order valence-corrected chi connectivity index (χ4v) is 7.15.